The van der Waals surface area contributed by atoms with Crippen molar-refractivity contribution in [2.24, 2.45) is 11.5 Å². The summed E-state index contributed by atoms with van der Waals surface area (Å²) >= 11 is 0. The van der Waals surface area contributed by atoms with Crippen LogP contribution in [0.4, 0.5) is 0 Å². The van der Waals surface area contributed by atoms with E-state index >= 15 is 0 Å². The normalized spacial score (nSPS) is 11.9. The average molecular weight is 249 g/mol. The number of benzene rings is 1. The molecule has 5 heteroatoms. The Morgan fingerprint density at radius 3 is 2.28 bits per heavy atom. The first kappa shape index (κ1) is 14.2. The molecule has 0 aromatic heterocycles. The van der Waals surface area contributed by atoms with E-state index in [9.17, 15) is 9.59 Å². The van der Waals surface area contributed by atoms with Gasteiger partial charge in [-0.05, 0) is 24.6 Å². The van der Waals surface area contributed by atoms with Gasteiger partial charge in [-0.2, -0.15) is 0 Å². The van der Waals surface area contributed by atoms with E-state index in [0.717, 1.165) is 5.56 Å². The maximum absolute atomic E-state index is 11.7. The molecule has 2 amide bonds. The Balaban J connectivity index is 2.61. The van der Waals surface area contributed by atoms with Gasteiger partial charge < -0.3 is 16.4 Å². The summed E-state index contributed by atoms with van der Waals surface area (Å²) in [7, 11) is 1.73. The van der Waals surface area contributed by atoms with Gasteiger partial charge in [0, 0.05) is 31.6 Å². The van der Waals surface area contributed by atoms with Crippen molar-refractivity contribution in [3.63, 3.8) is 0 Å². The van der Waals surface area contributed by atoms with Gasteiger partial charge in [-0.1, -0.05) is 12.1 Å². The summed E-state index contributed by atoms with van der Waals surface area (Å²) in [4.78, 5) is 24.2. The lowest BCUT2D eigenvalue weighted by molar-refractivity contribution is -0.130. The van der Waals surface area contributed by atoms with E-state index < -0.39 is 5.91 Å². The minimum absolute atomic E-state index is 0.00368. The molecule has 0 radical (unpaired) electrons. The lowest BCUT2D eigenvalue weighted by Crippen LogP contribution is -2.31. The second kappa shape index (κ2) is 6.16. The highest BCUT2D eigenvalue weighted by atomic mass is 16.2. The van der Waals surface area contributed by atoms with Gasteiger partial charge in [0.25, 0.3) is 0 Å². The Labute approximate surface area is 107 Å². The number of rotatable bonds is 5. The zero-order chi connectivity index (χ0) is 13.7. The zero-order valence-corrected chi connectivity index (χ0v) is 10.7. The van der Waals surface area contributed by atoms with Gasteiger partial charge in [0.15, 0.2) is 0 Å². The Morgan fingerprint density at radius 1 is 1.28 bits per heavy atom. The topological polar surface area (TPSA) is 89.4 Å². The highest BCUT2D eigenvalue weighted by molar-refractivity contribution is 5.92. The van der Waals surface area contributed by atoms with E-state index in [4.69, 9.17) is 11.5 Å². The number of nitrogens with two attached hydrogens (primary N) is 2. The lowest BCUT2D eigenvalue weighted by atomic mass is 10.1. The van der Waals surface area contributed by atoms with Gasteiger partial charge in [0.05, 0.1) is 0 Å². The average Bonchev–Trinajstić information content (AvgIpc) is 2.28. The molecule has 0 saturated heterocycles. The van der Waals surface area contributed by atoms with Crippen molar-refractivity contribution in [3.05, 3.63) is 35.4 Å². The summed E-state index contributed by atoms with van der Waals surface area (Å²) in [6, 6.07) is 6.74. The van der Waals surface area contributed by atoms with Crippen LogP contribution in [-0.2, 0) is 11.3 Å². The van der Waals surface area contributed by atoms with Gasteiger partial charge >= 0.3 is 0 Å². The minimum Gasteiger partial charge on any atom is -0.366 e. The highest BCUT2D eigenvalue weighted by Gasteiger charge is 2.11. The summed E-state index contributed by atoms with van der Waals surface area (Å²) in [6.45, 7) is 2.29. The molecule has 4 N–H and O–H groups in total. The van der Waals surface area contributed by atoms with Crippen molar-refractivity contribution < 1.29 is 9.59 Å². The molecule has 1 rings (SSSR count). The van der Waals surface area contributed by atoms with Crippen LogP contribution >= 0.6 is 0 Å². The first-order chi connectivity index (χ1) is 8.40. The number of primary amides is 1. The highest BCUT2D eigenvalue weighted by Crippen LogP contribution is 2.07. The Morgan fingerprint density at radius 2 is 1.83 bits per heavy atom. The summed E-state index contributed by atoms with van der Waals surface area (Å²) in [5.41, 5.74) is 12.1. The molecule has 0 bridgehead atoms. The first-order valence-corrected chi connectivity index (χ1v) is 5.78. The molecule has 1 unspecified atom stereocenters. The van der Waals surface area contributed by atoms with Crippen LogP contribution in [0.2, 0.25) is 0 Å². The van der Waals surface area contributed by atoms with Crippen LogP contribution in [0.1, 0.15) is 29.3 Å². The predicted molar refractivity (Wildman–Crippen MR) is 69.7 cm³/mol. The second-order valence-corrected chi connectivity index (χ2v) is 4.49. The molecule has 0 aliphatic heterocycles. The maximum Gasteiger partial charge on any atom is 0.248 e. The number of hydrogen-bond acceptors (Lipinski definition) is 3. The first-order valence-electron chi connectivity index (χ1n) is 5.78. The smallest absolute Gasteiger partial charge is 0.248 e. The Hall–Kier alpha value is -1.88. The quantitative estimate of drug-likeness (QED) is 0.795. The van der Waals surface area contributed by atoms with E-state index in [1.54, 1.807) is 43.1 Å². The van der Waals surface area contributed by atoms with Crippen LogP contribution in [-0.4, -0.2) is 29.8 Å². The fourth-order valence-corrected chi connectivity index (χ4v) is 1.57. The fraction of sp³-hybridized carbons (Fsp3) is 0.385. The molecule has 0 aliphatic carbocycles. The molecular formula is C13H19N3O2. The van der Waals surface area contributed by atoms with Gasteiger partial charge in [-0.3, -0.25) is 9.59 Å². The molecule has 98 valence electrons. The standard InChI is InChI=1S/C13H19N3O2/c1-9(14)7-12(17)16(2)8-10-3-5-11(6-4-10)13(15)18/h3-6,9H,7-8,14H2,1-2H3,(H2,15,18). The van der Waals surface area contributed by atoms with Crippen molar-refractivity contribution in [3.8, 4) is 0 Å². The molecule has 0 spiro atoms. The van der Waals surface area contributed by atoms with Crippen LogP contribution in [0.15, 0.2) is 24.3 Å². The lowest BCUT2D eigenvalue weighted by Gasteiger charge is -2.18. The number of nitrogens with zero attached hydrogens (tertiary/aromatic N) is 1. The summed E-state index contributed by atoms with van der Waals surface area (Å²) < 4.78 is 0. The minimum atomic E-state index is -0.456. The summed E-state index contributed by atoms with van der Waals surface area (Å²) in [6.07, 6.45) is 0.329. The Bertz CT molecular complexity index is 426. The van der Waals surface area contributed by atoms with Crippen LogP contribution < -0.4 is 11.5 Å². The van der Waals surface area contributed by atoms with Crippen molar-refractivity contribution in [1.29, 1.82) is 0 Å². The maximum atomic E-state index is 11.7. The van der Waals surface area contributed by atoms with E-state index in [2.05, 4.69) is 0 Å². The monoisotopic (exact) mass is 249 g/mol. The van der Waals surface area contributed by atoms with E-state index in [1.165, 1.54) is 0 Å². The third kappa shape index (κ3) is 4.18. The summed E-state index contributed by atoms with van der Waals surface area (Å²) in [5, 5.41) is 0. The number of amides is 2. The zero-order valence-electron chi connectivity index (χ0n) is 10.7. The van der Waals surface area contributed by atoms with Gasteiger partial charge in [-0.25, -0.2) is 0 Å². The van der Waals surface area contributed by atoms with Crippen LogP contribution in [0, 0.1) is 0 Å². The molecule has 0 fully saturated rings. The van der Waals surface area contributed by atoms with E-state index in [-0.39, 0.29) is 11.9 Å². The SMILES string of the molecule is CC(N)CC(=O)N(C)Cc1ccc(C(N)=O)cc1. The molecule has 1 atom stereocenters. The molecule has 0 saturated carbocycles. The van der Waals surface area contributed by atoms with E-state index in [1.807, 2.05) is 0 Å². The van der Waals surface area contributed by atoms with Crippen molar-refractivity contribution in [1.82, 2.24) is 4.90 Å². The number of carbonyl (C=O) groups is 2. The fourth-order valence-electron chi connectivity index (χ4n) is 1.57. The van der Waals surface area contributed by atoms with Gasteiger partial charge in [-0.15, -0.1) is 0 Å². The molecule has 18 heavy (non-hydrogen) atoms. The van der Waals surface area contributed by atoms with Crippen molar-refractivity contribution in [2.75, 3.05) is 7.05 Å². The van der Waals surface area contributed by atoms with Gasteiger partial charge in [0.2, 0.25) is 11.8 Å². The number of hydrogen-bond donors (Lipinski definition) is 2. The van der Waals surface area contributed by atoms with E-state index in [0.29, 0.717) is 18.5 Å². The summed E-state index contributed by atoms with van der Waals surface area (Å²) in [5.74, 6) is -0.452. The largest absolute Gasteiger partial charge is 0.366 e. The van der Waals surface area contributed by atoms with Crippen LogP contribution in [0.5, 0.6) is 0 Å². The van der Waals surface area contributed by atoms with Gasteiger partial charge in [0.1, 0.15) is 0 Å². The molecule has 5 nitrogen and oxygen atoms in total. The van der Waals surface area contributed by atoms with Crippen molar-refractivity contribution in [2.45, 2.75) is 25.9 Å². The molecule has 0 aliphatic rings. The van der Waals surface area contributed by atoms with Crippen LogP contribution in [0.3, 0.4) is 0 Å². The third-order valence-corrected chi connectivity index (χ3v) is 2.58. The molecule has 1 aromatic rings. The molecular weight excluding hydrogens is 230 g/mol. The third-order valence-electron chi connectivity index (χ3n) is 2.58. The second-order valence-electron chi connectivity index (χ2n) is 4.49. The van der Waals surface area contributed by atoms with Crippen molar-refractivity contribution >= 4 is 11.8 Å². The predicted octanol–water partition coefficient (Wildman–Crippen LogP) is 0.481. The Kier molecular flexibility index (Phi) is 4.85. The van der Waals surface area contributed by atoms with Crippen LogP contribution in [0.25, 0.3) is 0 Å². The molecule has 0 heterocycles. The number of carbonyl (C=O) groups excluding carboxylic acids is 2. The molecule has 1 aromatic carbocycles.